The molecule has 2 atom stereocenters. The van der Waals surface area contributed by atoms with Gasteiger partial charge < -0.3 is 4.57 Å². The molecule has 0 N–H and O–H groups in total. The van der Waals surface area contributed by atoms with Gasteiger partial charge in [0, 0.05) is 18.9 Å². The van der Waals surface area contributed by atoms with Crippen LogP contribution in [0.1, 0.15) is 48.3 Å². The zero-order valence-electron chi connectivity index (χ0n) is 12.0. The molecule has 2 nitrogen and oxygen atoms in total. The van der Waals surface area contributed by atoms with Crippen LogP contribution in [0.4, 0.5) is 0 Å². The first kappa shape index (κ1) is 12.2. The number of rotatable bonds is 3. The van der Waals surface area contributed by atoms with Crippen molar-refractivity contribution in [1.82, 2.24) is 9.55 Å². The van der Waals surface area contributed by atoms with Crippen LogP contribution in [-0.4, -0.2) is 9.55 Å². The summed E-state index contributed by atoms with van der Waals surface area (Å²) in [5.41, 5.74) is 5.03. The van der Waals surface area contributed by atoms with Gasteiger partial charge in [0.2, 0.25) is 0 Å². The first-order chi connectivity index (χ1) is 9.90. The van der Waals surface area contributed by atoms with E-state index in [2.05, 4.69) is 33.9 Å². The fourth-order valence-electron chi connectivity index (χ4n) is 4.27. The van der Waals surface area contributed by atoms with E-state index < -0.39 is 0 Å². The summed E-state index contributed by atoms with van der Waals surface area (Å²) in [5.74, 6) is 1.69. The molecule has 0 radical (unpaired) electrons. The zero-order chi connectivity index (χ0) is 13.4. The highest BCUT2D eigenvalue weighted by molar-refractivity contribution is 5.41. The van der Waals surface area contributed by atoms with Gasteiger partial charge >= 0.3 is 0 Å². The molecule has 0 fully saturated rings. The van der Waals surface area contributed by atoms with Gasteiger partial charge in [-0.15, -0.1) is 0 Å². The summed E-state index contributed by atoms with van der Waals surface area (Å²) in [6.07, 6.45) is 14.0. The minimum atomic E-state index is 0.844. The van der Waals surface area contributed by atoms with Crippen molar-refractivity contribution in [3.63, 3.8) is 0 Å². The molecule has 1 aromatic heterocycles. The smallest absolute Gasteiger partial charge is 0.0945 e. The molecule has 0 saturated carbocycles. The van der Waals surface area contributed by atoms with E-state index in [1.807, 2.05) is 12.5 Å². The first-order valence-electron chi connectivity index (χ1n) is 7.96. The van der Waals surface area contributed by atoms with Crippen molar-refractivity contribution >= 4 is 0 Å². The molecule has 4 rings (SSSR count). The largest absolute Gasteiger partial charge is 0.337 e. The van der Waals surface area contributed by atoms with Crippen molar-refractivity contribution in [2.75, 3.05) is 0 Å². The van der Waals surface area contributed by atoms with Gasteiger partial charge in [0.25, 0.3) is 0 Å². The Morgan fingerprint density at radius 3 is 3.10 bits per heavy atom. The molecule has 104 valence electrons. The van der Waals surface area contributed by atoms with Gasteiger partial charge in [-0.05, 0) is 67.1 Å². The zero-order valence-corrected chi connectivity index (χ0v) is 12.0. The van der Waals surface area contributed by atoms with Gasteiger partial charge in [-0.25, -0.2) is 4.98 Å². The summed E-state index contributed by atoms with van der Waals surface area (Å²) >= 11 is 0. The van der Waals surface area contributed by atoms with Gasteiger partial charge in [-0.2, -0.15) is 0 Å². The molecule has 0 spiro atoms. The third-order valence-electron chi connectivity index (χ3n) is 5.17. The summed E-state index contributed by atoms with van der Waals surface area (Å²) in [5, 5.41) is 0. The van der Waals surface area contributed by atoms with E-state index in [4.69, 9.17) is 0 Å². The molecule has 1 heterocycles. The second kappa shape index (κ2) is 5.08. The Kier molecular flexibility index (Phi) is 3.10. The molecule has 2 aromatic rings. The van der Waals surface area contributed by atoms with E-state index in [0.717, 1.165) is 18.4 Å². The van der Waals surface area contributed by atoms with E-state index in [0.29, 0.717) is 0 Å². The lowest BCUT2D eigenvalue weighted by molar-refractivity contribution is 0.338. The highest BCUT2D eigenvalue weighted by Gasteiger charge is 2.30. The van der Waals surface area contributed by atoms with Gasteiger partial charge in [-0.1, -0.05) is 18.2 Å². The predicted molar refractivity (Wildman–Crippen MR) is 80.8 cm³/mol. The Hall–Kier alpha value is -1.57. The summed E-state index contributed by atoms with van der Waals surface area (Å²) in [6, 6.07) is 7.01. The number of nitrogens with zero attached hydrogens (tertiary/aromatic N) is 2. The molecule has 20 heavy (non-hydrogen) atoms. The van der Waals surface area contributed by atoms with Crippen LogP contribution in [-0.2, 0) is 19.4 Å². The number of imidazole rings is 1. The summed E-state index contributed by atoms with van der Waals surface area (Å²) in [7, 11) is 0. The normalized spacial score (nSPS) is 24.4. The standard InChI is InChI=1S/C18H22N2/c1-3-15-4-2-6-17-12-14(11-16(5-1)18(15)17)7-9-20-10-8-19-13-20/h1,3,5,8,10,13-14,17H,2,4,6-7,9,11-12H2/t14-,17+/m0/s1. The second-order valence-electron chi connectivity index (χ2n) is 6.47. The van der Waals surface area contributed by atoms with E-state index in [9.17, 15) is 0 Å². The minimum absolute atomic E-state index is 0.844. The molecule has 1 aromatic carbocycles. The first-order valence-corrected chi connectivity index (χ1v) is 7.96. The van der Waals surface area contributed by atoms with Gasteiger partial charge in [-0.3, -0.25) is 0 Å². The topological polar surface area (TPSA) is 17.8 Å². The van der Waals surface area contributed by atoms with Crippen LogP contribution in [0.2, 0.25) is 0 Å². The molecular formula is C18H22N2. The third kappa shape index (κ3) is 2.17. The van der Waals surface area contributed by atoms with Crippen molar-refractivity contribution < 1.29 is 0 Å². The van der Waals surface area contributed by atoms with Crippen LogP contribution in [0.25, 0.3) is 0 Å². The summed E-state index contributed by atoms with van der Waals surface area (Å²) in [6.45, 7) is 1.12. The number of aromatic nitrogens is 2. The molecule has 0 bridgehead atoms. The number of hydrogen-bond donors (Lipinski definition) is 0. The molecule has 0 aliphatic heterocycles. The summed E-state index contributed by atoms with van der Waals surface area (Å²) in [4.78, 5) is 4.14. The summed E-state index contributed by atoms with van der Waals surface area (Å²) < 4.78 is 2.22. The Morgan fingerprint density at radius 1 is 1.25 bits per heavy atom. The minimum Gasteiger partial charge on any atom is -0.337 e. The van der Waals surface area contributed by atoms with Crippen molar-refractivity contribution in [2.45, 2.75) is 51.0 Å². The Bertz CT molecular complexity index is 585. The fourth-order valence-corrected chi connectivity index (χ4v) is 4.27. The van der Waals surface area contributed by atoms with Crippen molar-refractivity contribution in [3.8, 4) is 0 Å². The maximum atomic E-state index is 4.14. The molecular weight excluding hydrogens is 244 g/mol. The van der Waals surface area contributed by atoms with Gasteiger partial charge in [0.05, 0.1) is 6.33 Å². The van der Waals surface area contributed by atoms with Crippen LogP contribution in [0.5, 0.6) is 0 Å². The Morgan fingerprint density at radius 2 is 2.20 bits per heavy atom. The fraction of sp³-hybridized carbons (Fsp3) is 0.500. The number of hydrogen-bond acceptors (Lipinski definition) is 1. The third-order valence-corrected chi connectivity index (χ3v) is 5.17. The SMILES string of the molecule is c1cc2c3c(c1)C[C@H](CCn1ccnc1)C[C@H]3CCC2. The highest BCUT2D eigenvalue weighted by Crippen LogP contribution is 2.43. The van der Waals surface area contributed by atoms with E-state index >= 15 is 0 Å². The molecule has 2 heteroatoms. The van der Waals surface area contributed by atoms with Crippen LogP contribution in [0.3, 0.4) is 0 Å². The van der Waals surface area contributed by atoms with Crippen LogP contribution >= 0.6 is 0 Å². The maximum absolute atomic E-state index is 4.14. The van der Waals surface area contributed by atoms with E-state index in [1.54, 1.807) is 16.7 Å². The lowest BCUT2D eigenvalue weighted by atomic mass is 9.69. The average Bonchev–Trinajstić information content (AvgIpc) is 2.99. The Labute approximate surface area is 120 Å². The second-order valence-corrected chi connectivity index (χ2v) is 6.47. The van der Waals surface area contributed by atoms with Crippen LogP contribution < -0.4 is 0 Å². The quantitative estimate of drug-likeness (QED) is 0.822. The van der Waals surface area contributed by atoms with Crippen LogP contribution in [0.15, 0.2) is 36.9 Å². The molecule has 0 saturated heterocycles. The van der Waals surface area contributed by atoms with Crippen molar-refractivity contribution in [1.29, 1.82) is 0 Å². The lowest BCUT2D eigenvalue weighted by Crippen LogP contribution is -2.24. The molecule has 2 aliphatic carbocycles. The molecule has 2 aliphatic rings. The predicted octanol–water partition coefficient (Wildman–Crippen LogP) is 3.96. The van der Waals surface area contributed by atoms with E-state index in [-0.39, 0.29) is 0 Å². The monoisotopic (exact) mass is 266 g/mol. The average molecular weight is 266 g/mol. The number of benzene rings is 1. The van der Waals surface area contributed by atoms with E-state index in [1.165, 1.54) is 38.5 Å². The Balaban J connectivity index is 1.52. The highest BCUT2D eigenvalue weighted by atomic mass is 15.0. The van der Waals surface area contributed by atoms with Crippen molar-refractivity contribution in [2.24, 2.45) is 5.92 Å². The van der Waals surface area contributed by atoms with Gasteiger partial charge in [0.1, 0.15) is 0 Å². The maximum Gasteiger partial charge on any atom is 0.0945 e. The molecule has 0 unspecified atom stereocenters. The number of aryl methyl sites for hydroxylation is 2. The van der Waals surface area contributed by atoms with Crippen LogP contribution in [0, 0.1) is 5.92 Å². The van der Waals surface area contributed by atoms with Crippen molar-refractivity contribution in [3.05, 3.63) is 53.6 Å². The molecule has 0 amide bonds. The lowest BCUT2D eigenvalue weighted by Gasteiger charge is -2.36. The van der Waals surface area contributed by atoms with Gasteiger partial charge in [0.15, 0.2) is 0 Å².